The van der Waals surface area contributed by atoms with Crippen LogP contribution >= 0.6 is 0 Å². The molecule has 1 aromatic rings. The molecule has 1 N–H and O–H groups in total. The van der Waals surface area contributed by atoms with E-state index in [1.807, 2.05) is 0 Å². The van der Waals surface area contributed by atoms with E-state index in [4.69, 9.17) is 4.74 Å². The molecular formula is C18H29NO. The normalized spacial score (nSPS) is 19.8. The minimum absolute atomic E-state index is 0.351. The number of hydrogen-bond donors (Lipinski definition) is 1. The van der Waals surface area contributed by atoms with Crippen molar-refractivity contribution in [1.82, 2.24) is 0 Å². The fourth-order valence-corrected chi connectivity index (χ4v) is 2.92. The van der Waals surface area contributed by atoms with Crippen LogP contribution in [0.15, 0.2) is 24.3 Å². The molecule has 1 heterocycles. The Balaban J connectivity index is 1.72. The molecule has 0 saturated carbocycles. The Hall–Kier alpha value is -1.02. The summed E-state index contributed by atoms with van der Waals surface area (Å²) in [5.74, 6) is 0. The number of aryl methyl sites for hydroxylation is 1. The van der Waals surface area contributed by atoms with Gasteiger partial charge in [0, 0.05) is 12.2 Å². The van der Waals surface area contributed by atoms with Crippen molar-refractivity contribution in [3.8, 4) is 0 Å². The predicted molar refractivity (Wildman–Crippen MR) is 86.3 cm³/mol. The first-order chi connectivity index (χ1) is 9.79. The summed E-state index contributed by atoms with van der Waals surface area (Å²) in [6.07, 6.45) is 9.49. The smallest absolute Gasteiger partial charge is 0.0754 e. The second kappa shape index (κ2) is 8.31. The highest BCUT2D eigenvalue weighted by molar-refractivity contribution is 5.52. The van der Waals surface area contributed by atoms with Gasteiger partial charge in [0.05, 0.1) is 12.2 Å². The number of rotatable bonds is 7. The van der Waals surface area contributed by atoms with Crippen LogP contribution in [0.2, 0.25) is 0 Å². The van der Waals surface area contributed by atoms with Crippen LogP contribution in [0.25, 0.3) is 0 Å². The molecule has 0 saturated heterocycles. The molecule has 112 valence electrons. The summed E-state index contributed by atoms with van der Waals surface area (Å²) in [5, 5.41) is 3.53. The first-order valence-corrected chi connectivity index (χ1v) is 8.27. The molecule has 20 heavy (non-hydrogen) atoms. The quantitative estimate of drug-likeness (QED) is 0.722. The number of nitrogens with one attached hydrogen (secondary N) is 1. The van der Waals surface area contributed by atoms with Crippen molar-refractivity contribution in [3.63, 3.8) is 0 Å². The van der Waals surface area contributed by atoms with Gasteiger partial charge in [-0.3, -0.25) is 0 Å². The fraction of sp³-hybridized carbons (Fsp3) is 0.667. The fourth-order valence-electron chi connectivity index (χ4n) is 2.92. The van der Waals surface area contributed by atoms with Gasteiger partial charge >= 0.3 is 0 Å². The van der Waals surface area contributed by atoms with E-state index in [0.717, 1.165) is 19.4 Å². The van der Waals surface area contributed by atoms with E-state index in [0.29, 0.717) is 12.2 Å². The van der Waals surface area contributed by atoms with E-state index in [1.54, 1.807) is 0 Å². The zero-order chi connectivity index (χ0) is 14.2. The molecule has 0 spiro atoms. The van der Waals surface area contributed by atoms with Gasteiger partial charge in [-0.25, -0.2) is 0 Å². The second-order valence-corrected chi connectivity index (χ2v) is 5.99. The van der Waals surface area contributed by atoms with E-state index in [-0.39, 0.29) is 0 Å². The van der Waals surface area contributed by atoms with Crippen LogP contribution in [0.5, 0.6) is 0 Å². The van der Waals surface area contributed by atoms with Crippen LogP contribution in [0.1, 0.15) is 57.9 Å². The molecule has 0 aromatic heterocycles. The number of hydrogen-bond acceptors (Lipinski definition) is 2. The lowest BCUT2D eigenvalue weighted by Gasteiger charge is -2.21. The van der Waals surface area contributed by atoms with Gasteiger partial charge in [0.1, 0.15) is 0 Å². The molecule has 0 bridgehead atoms. The zero-order valence-corrected chi connectivity index (χ0v) is 13.0. The summed E-state index contributed by atoms with van der Waals surface area (Å²) < 4.78 is 6.22. The van der Waals surface area contributed by atoms with Crippen LogP contribution in [0, 0.1) is 0 Å². The largest absolute Gasteiger partial charge is 0.382 e. The summed E-state index contributed by atoms with van der Waals surface area (Å²) in [6, 6.07) is 8.62. The van der Waals surface area contributed by atoms with E-state index < -0.39 is 0 Å². The van der Waals surface area contributed by atoms with Gasteiger partial charge in [0.15, 0.2) is 0 Å². The highest BCUT2D eigenvalue weighted by Crippen LogP contribution is 2.23. The highest BCUT2D eigenvalue weighted by Gasteiger charge is 2.17. The summed E-state index contributed by atoms with van der Waals surface area (Å²) >= 11 is 0. The monoisotopic (exact) mass is 275 g/mol. The minimum Gasteiger partial charge on any atom is -0.382 e. The molecule has 0 radical (unpaired) electrons. The lowest BCUT2D eigenvalue weighted by molar-refractivity contribution is -0.00326. The van der Waals surface area contributed by atoms with E-state index in [2.05, 4.69) is 43.4 Å². The Bertz CT molecular complexity index is 364. The number of anilines is 1. The van der Waals surface area contributed by atoms with Crippen molar-refractivity contribution in [2.24, 2.45) is 0 Å². The third-order valence-electron chi connectivity index (χ3n) is 4.16. The minimum atomic E-state index is 0.351. The van der Waals surface area contributed by atoms with Crippen molar-refractivity contribution in [2.75, 3.05) is 11.9 Å². The molecule has 0 aliphatic carbocycles. The Labute approximate surface area is 123 Å². The van der Waals surface area contributed by atoms with Crippen molar-refractivity contribution < 1.29 is 4.74 Å². The Morgan fingerprint density at radius 1 is 1.25 bits per heavy atom. The van der Waals surface area contributed by atoms with Crippen molar-refractivity contribution >= 4 is 5.69 Å². The number of ether oxygens (including phenoxy) is 1. The SMILES string of the molecule is CCCCCCC(C)OC1CCc2ccccc2NC1. The maximum Gasteiger partial charge on any atom is 0.0754 e. The lowest BCUT2D eigenvalue weighted by Crippen LogP contribution is -2.26. The van der Waals surface area contributed by atoms with E-state index in [1.165, 1.54) is 43.4 Å². The summed E-state index contributed by atoms with van der Waals surface area (Å²) in [5.41, 5.74) is 2.71. The molecular weight excluding hydrogens is 246 g/mol. The van der Waals surface area contributed by atoms with Gasteiger partial charge in [0.2, 0.25) is 0 Å². The van der Waals surface area contributed by atoms with Gasteiger partial charge in [-0.2, -0.15) is 0 Å². The summed E-state index contributed by atoms with van der Waals surface area (Å²) in [7, 11) is 0. The number of para-hydroxylation sites is 1. The first kappa shape index (κ1) is 15.4. The number of unbranched alkanes of at least 4 members (excludes halogenated alkanes) is 3. The Kier molecular flexibility index (Phi) is 6.38. The van der Waals surface area contributed by atoms with E-state index in [9.17, 15) is 0 Å². The molecule has 2 rings (SSSR count). The van der Waals surface area contributed by atoms with Crippen LogP contribution in [-0.2, 0) is 11.2 Å². The topological polar surface area (TPSA) is 21.3 Å². The molecule has 0 amide bonds. The van der Waals surface area contributed by atoms with Crippen LogP contribution in [0.3, 0.4) is 0 Å². The Morgan fingerprint density at radius 2 is 2.10 bits per heavy atom. The standard InChI is InChI=1S/C18H29NO/c1-3-4-5-6-9-15(2)20-17-13-12-16-10-7-8-11-18(16)19-14-17/h7-8,10-11,15,17,19H,3-6,9,12-14H2,1-2H3. The van der Waals surface area contributed by atoms with Crippen LogP contribution in [-0.4, -0.2) is 18.8 Å². The third kappa shape index (κ3) is 4.82. The van der Waals surface area contributed by atoms with Crippen molar-refractivity contribution in [2.45, 2.75) is 71.0 Å². The molecule has 1 aromatic carbocycles. The highest BCUT2D eigenvalue weighted by atomic mass is 16.5. The van der Waals surface area contributed by atoms with Gasteiger partial charge in [-0.1, -0.05) is 50.8 Å². The van der Waals surface area contributed by atoms with Crippen LogP contribution < -0.4 is 5.32 Å². The van der Waals surface area contributed by atoms with Gasteiger partial charge in [-0.15, -0.1) is 0 Å². The molecule has 2 nitrogen and oxygen atoms in total. The van der Waals surface area contributed by atoms with Crippen molar-refractivity contribution in [3.05, 3.63) is 29.8 Å². The maximum atomic E-state index is 6.22. The zero-order valence-electron chi connectivity index (χ0n) is 13.0. The third-order valence-corrected chi connectivity index (χ3v) is 4.16. The van der Waals surface area contributed by atoms with Crippen molar-refractivity contribution in [1.29, 1.82) is 0 Å². The van der Waals surface area contributed by atoms with Gasteiger partial charge in [-0.05, 0) is 37.8 Å². The summed E-state index contributed by atoms with van der Waals surface area (Å²) in [6.45, 7) is 5.43. The maximum absolute atomic E-state index is 6.22. The molecule has 2 heteroatoms. The second-order valence-electron chi connectivity index (χ2n) is 5.99. The molecule has 1 aliphatic heterocycles. The van der Waals surface area contributed by atoms with Gasteiger partial charge < -0.3 is 10.1 Å². The summed E-state index contributed by atoms with van der Waals surface area (Å²) in [4.78, 5) is 0. The molecule has 2 atom stereocenters. The Morgan fingerprint density at radius 3 is 2.95 bits per heavy atom. The van der Waals surface area contributed by atoms with Crippen LogP contribution in [0.4, 0.5) is 5.69 Å². The molecule has 0 fully saturated rings. The number of fused-ring (bicyclic) bond motifs is 1. The predicted octanol–water partition coefficient (Wildman–Crippen LogP) is 4.79. The molecule has 1 aliphatic rings. The van der Waals surface area contributed by atoms with E-state index >= 15 is 0 Å². The average molecular weight is 275 g/mol. The average Bonchev–Trinajstić information content (AvgIpc) is 2.67. The number of benzene rings is 1. The van der Waals surface area contributed by atoms with Gasteiger partial charge in [0.25, 0.3) is 0 Å². The first-order valence-electron chi connectivity index (χ1n) is 8.27. The molecule has 2 unspecified atom stereocenters. The lowest BCUT2D eigenvalue weighted by atomic mass is 10.1.